The van der Waals surface area contributed by atoms with Gasteiger partial charge in [0.15, 0.2) is 0 Å². The van der Waals surface area contributed by atoms with Crippen LogP contribution in [0.1, 0.15) is 17.9 Å². The number of hydrogen-bond donors (Lipinski definition) is 1. The van der Waals surface area contributed by atoms with E-state index in [1.165, 1.54) is 0 Å². The summed E-state index contributed by atoms with van der Waals surface area (Å²) in [7, 11) is 1.59. The number of nitrogens with one attached hydrogen (secondary N) is 1. The molecule has 82 valence electrons. The van der Waals surface area contributed by atoms with Crippen molar-refractivity contribution >= 4 is 17.5 Å². The van der Waals surface area contributed by atoms with Gasteiger partial charge in [-0.3, -0.25) is 4.79 Å². The Bertz CT molecular complexity index is 324. The molecule has 0 spiro atoms. The number of halogens is 1. The summed E-state index contributed by atoms with van der Waals surface area (Å²) in [6, 6.07) is 7.13. The van der Waals surface area contributed by atoms with Crippen molar-refractivity contribution in [3.63, 3.8) is 0 Å². The summed E-state index contributed by atoms with van der Waals surface area (Å²) < 4.78 is 5.01. The van der Waals surface area contributed by atoms with E-state index in [0.717, 1.165) is 11.3 Å². The number of ether oxygens (including phenoxy) is 1. The molecular formula is C11H14ClNO2. The molecule has 1 aromatic rings. The predicted molar refractivity (Wildman–Crippen MR) is 60.3 cm³/mol. The lowest BCUT2D eigenvalue weighted by atomic mass is 10.1. The lowest BCUT2D eigenvalue weighted by Gasteiger charge is -2.09. The van der Waals surface area contributed by atoms with E-state index < -0.39 is 5.38 Å². The monoisotopic (exact) mass is 227 g/mol. The molecule has 0 radical (unpaired) electrons. The summed E-state index contributed by atoms with van der Waals surface area (Å²) in [5.74, 6) is 0.572. The summed E-state index contributed by atoms with van der Waals surface area (Å²) in [5.41, 5.74) is 0.767. The third-order valence-electron chi connectivity index (χ3n) is 1.99. The minimum Gasteiger partial charge on any atom is -0.497 e. The molecule has 1 atom stereocenters. The van der Waals surface area contributed by atoms with E-state index in [1.54, 1.807) is 31.4 Å². The highest BCUT2D eigenvalue weighted by Crippen LogP contribution is 2.22. The Kier molecular flexibility index (Phi) is 4.43. The van der Waals surface area contributed by atoms with Gasteiger partial charge in [0.05, 0.1) is 7.11 Å². The van der Waals surface area contributed by atoms with Gasteiger partial charge in [0.25, 0.3) is 0 Å². The zero-order valence-corrected chi connectivity index (χ0v) is 9.54. The van der Waals surface area contributed by atoms with Gasteiger partial charge in [-0.1, -0.05) is 12.1 Å². The molecule has 0 bridgehead atoms. The van der Waals surface area contributed by atoms with Gasteiger partial charge in [-0.2, -0.15) is 0 Å². The van der Waals surface area contributed by atoms with E-state index in [1.807, 2.05) is 6.92 Å². The second-order valence-electron chi connectivity index (χ2n) is 3.03. The summed E-state index contributed by atoms with van der Waals surface area (Å²) in [4.78, 5) is 11.4. The molecule has 15 heavy (non-hydrogen) atoms. The number of hydrogen-bond acceptors (Lipinski definition) is 2. The molecule has 3 nitrogen and oxygen atoms in total. The molecule has 4 heteroatoms. The van der Waals surface area contributed by atoms with Crippen LogP contribution in [-0.4, -0.2) is 19.6 Å². The Morgan fingerprint density at radius 3 is 2.53 bits per heavy atom. The predicted octanol–water partition coefficient (Wildman–Crippen LogP) is 2.11. The van der Waals surface area contributed by atoms with Crippen molar-refractivity contribution in [3.05, 3.63) is 29.8 Å². The number of benzene rings is 1. The van der Waals surface area contributed by atoms with E-state index in [2.05, 4.69) is 5.32 Å². The van der Waals surface area contributed by atoms with Gasteiger partial charge in [0.2, 0.25) is 5.91 Å². The van der Waals surface area contributed by atoms with Crippen molar-refractivity contribution in [1.82, 2.24) is 5.32 Å². The second kappa shape index (κ2) is 5.61. The molecule has 0 aliphatic rings. The summed E-state index contributed by atoms with van der Waals surface area (Å²) >= 11 is 5.98. The molecule has 0 saturated heterocycles. The average molecular weight is 228 g/mol. The van der Waals surface area contributed by atoms with Gasteiger partial charge in [-0.25, -0.2) is 0 Å². The largest absolute Gasteiger partial charge is 0.497 e. The van der Waals surface area contributed by atoms with Crippen LogP contribution in [0.15, 0.2) is 24.3 Å². The highest BCUT2D eigenvalue weighted by Gasteiger charge is 2.16. The lowest BCUT2D eigenvalue weighted by molar-refractivity contribution is -0.120. The number of alkyl halides is 1. The Hall–Kier alpha value is -1.22. The molecule has 0 fully saturated rings. The Morgan fingerprint density at radius 1 is 1.47 bits per heavy atom. The van der Waals surface area contributed by atoms with Crippen LogP contribution >= 0.6 is 11.6 Å². The lowest BCUT2D eigenvalue weighted by Crippen LogP contribution is -2.26. The third kappa shape index (κ3) is 3.13. The zero-order chi connectivity index (χ0) is 11.3. The summed E-state index contributed by atoms with van der Waals surface area (Å²) in [6.45, 7) is 2.44. The molecule has 1 N–H and O–H groups in total. The molecule has 0 aromatic heterocycles. The summed E-state index contributed by atoms with van der Waals surface area (Å²) in [5, 5.41) is 2.03. The molecule has 0 heterocycles. The smallest absolute Gasteiger partial charge is 0.242 e. The van der Waals surface area contributed by atoms with Crippen LogP contribution in [0, 0.1) is 0 Å². The average Bonchev–Trinajstić information content (AvgIpc) is 2.28. The van der Waals surface area contributed by atoms with Gasteiger partial charge < -0.3 is 10.1 Å². The first-order valence-corrected chi connectivity index (χ1v) is 5.18. The Morgan fingerprint density at radius 2 is 2.07 bits per heavy atom. The van der Waals surface area contributed by atoms with Crippen LogP contribution in [0.3, 0.4) is 0 Å². The maximum Gasteiger partial charge on any atom is 0.242 e. The van der Waals surface area contributed by atoms with Gasteiger partial charge in [-0.15, -0.1) is 11.6 Å². The number of carbonyl (C=O) groups excluding carboxylic acids is 1. The third-order valence-corrected chi connectivity index (χ3v) is 2.44. The van der Waals surface area contributed by atoms with Crippen molar-refractivity contribution in [2.24, 2.45) is 0 Å². The molecular weight excluding hydrogens is 214 g/mol. The minimum absolute atomic E-state index is 0.177. The highest BCUT2D eigenvalue weighted by atomic mass is 35.5. The molecule has 1 rings (SSSR count). The van der Waals surface area contributed by atoms with Crippen LogP contribution in [0.5, 0.6) is 5.75 Å². The SMILES string of the molecule is CCNC(=O)C(Cl)c1ccc(OC)cc1. The van der Waals surface area contributed by atoms with E-state index in [9.17, 15) is 4.79 Å². The van der Waals surface area contributed by atoms with Crippen molar-refractivity contribution in [2.45, 2.75) is 12.3 Å². The quantitative estimate of drug-likeness (QED) is 0.801. The number of amides is 1. The van der Waals surface area contributed by atoms with Gasteiger partial charge >= 0.3 is 0 Å². The van der Waals surface area contributed by atoms with Crippen molar-refractivity contribution in [1.29, 1.82) is 0 Å². The molecule has 0 aliphatic carbocycles. The second-order valence-corrected chi connectivity index (χ2v) is 3.47. The Balaban J connectivity index is 2.73. The van der Waals surface area contributed by atoms with E-state index >= 15 is 0 Å². The van der Waals surface area contributed by atoms with Crippen LogP contribution in [-0.2, 0) is 4.79 Å². The fourth-order valence-corrected chi connectivity index (χ4v) is 1.41. The first kappa shape index (κ1) is 11.9. The number of likely N-dealkylation sites (N-methyl/N-ethyl adjacent to an activating group) is 1. The molecule has 1 unspecified atom stereocenters. The normalized spacial score (nSPS) is 11.9. The standard InChI is InChI=1S/C11H14ClNO2/c1-3-13-11(14)10(12)8-4-6-9(15-2)7-5-8/h4-7,10H,3H2,1-2H3,(H,13,14). The topological polar surface area (TPSA) is 38.3 Å². The van der Waals surface area contributed by atoms with E-state index in [4.69, 9.17) is 16.3 Å². The van der Waals surface area contributed by atoms with Crippen molar-refractivity contribution < 1.29 is 9.53 Å². The fraction of sp³-hybridized carbons (Fsp3) is 0.364. The van der Waals surface area contributed by atoms with Crippen molar-refractivity contribution in [3.8, 4) is 5.75 Å². The van der Waals surface area contributed by atoms with Gasteiger partial charge in [0.1, 0.15) is 11.1 Å². The number of carbonyl (C=O) groups is 1. The summed E-state index contributed by atoms with van der Waals surface area (Å²) in [6.07, 6.45) is 0. The first-order chi connectivity index (χ1) is 7.19. The maximum absolute atomic E-state index is 11.4. The van der Waals surface area contributed by atoms with Crippen LogP contribution in [0.4, 0.5) is 0 Å². The van der Waals surface area contributed by atoms with E-state index in [-0.39, 0.29) is 5.91 Å². The zero-order valence-electron chi connectivity index (χ0n) is 8.79. The molecule has 0 aliphatic heterocycles. The van der Waals surface area contributed by atoms with E-state index in [0.29, 0.717) is 6.54 Å². The van der Waals surface area contributed by atoms with Crippen molar-refractivity contribution in [2.75, 3.05) is 13.7 Å². The fourth-order valence-electron chi connectivity index (χ4n) is 1.19. The van der Waals surface area contributed by atoms with Crippen LogP contribution < -0.4 is 10.1 Å². The molecule has 1 amide bonds. The molecule has 1 aromatic carbocycles. The van der Waals surface area contributed by atoms with Gasteiger partial charge in [0, 0.05) is 6.54 Å². The first-order valence-electron chi connectivity index (χ1n) is 4.74. The Labute approximate surface area is 94.4 Å². The van der Waals surface area contributed by atoms with Crippen LogP contribution in [0.25, 0.3) is 0 Å². The van der Waals surface area contributed by atoms with Crippen LogP contribution in [0.2, 0.25) is 0 Å². The number of rotatable bonds is 4. The highest BCUT2D eigenvalue weighted by molar-refractivity contribution is 6.30. The van der Waals surface area contributed by atoms with Gasteiger partial charge in [-0.05, 0) is 24.6 Å². The number of methoxy groups -OCH3 is 1. The molecule has 0 saturated carbocycles. The maximum atomic E-state index is 11.4. The minimum atomic E-state index is -0.643.